The van der Waals surface area contributed by atoms with Gasteiger partial charge < -0.3 is 10.1 Å². The molecule has 0 atom stereocenters. The number of benzene rings is 2. The van der Waals surface area contributed by atoms with E-state index in [4.69, 9.17) is 4.74 Å². The summed E-state index contributed by atoms with van der Waals surface area (Å²) in [7, 11) is 1.68. The molecular weight excluding hydrogens is 288 g/mol. The molecule has 0 aliphatic heterocycles. The predicted molar refractivity (Wildman–Crippen MR) is 87.7 cm³/mol. The van der Waals surface area contributed by atoms with Gasteiger partial charge in [0.05, 0.1) is 17.3 Å². The number of aromatic nitrogens is 1. The third kappa shape index (κ3) is 2.73. The van der Waals surface area contributed by atoms with Crippen LogP contribution in [0.5, 0.6) is 5.75 Å². The second-order valence-electron chi connectivity index (χ2n) is 4.21. The first-order valence-corrected chi connectivity index (χ1v) is 8.18. The number of thioether (sulfide) groups is 1. The Kier molecular flexibility index (Phi) is 3.80. The topological polar surface area (TPSA) is 34.1 Å². The molecule has 0 fully saturated rings. The van der Waals surface area contributed by atoms with Gasteiger partial charge in [0.1, 0.15) is 5.75 Å². The Bertz CT molecular complexity index is 722. The molecule has 3 rings (SSSR count). The van der Waals surface area contributed by atoms with Crippen LogP contribution < -0.4 is 10.1 Å². The van der Waals surface area contributed by atoms with E-state index >= 15 is 0 Å². The molecule has 2 aromatic carbocycles. The number of rotatable bonds is 4. The number of hydrogen-bond acceptors (Lipinski definition) is 5. The number of fused-ring (bicyclic) bond motifs is 1. The SMILES string of the molecule is COc1ccc2nc(Nc3ccc(SC)cc3)sc2c1. The van der Waals surface area contributed by atoms with E-state index in [1.165, 1.54) is 4.90 Å². The summed E-state index contributed by atoms with van der Waals surface area (Å²) < 4.78 is 6.35. The zero-order chi connectivity index (χ0) is 13.9. The monoisotopic (exact) mass is 302 g/mol. The Morgan fingerprint density at radius 3 is 2.65 bits per heavy atom. The lowest BCUT2D eigenvalue weighted by molar-refractivity contribution is 0.415. The number of anilines is 2. The zero-order valence-electron chi connectivity index (χ0n) is 11.2. The van der Waals surface area contributed by atoms with Gasteiger partial charge in [0, 0.05) is 10.6 Å². The molecule has 0 saturated heterocycles. The molecule has 0 amide bonds. The van der Waals surface area contributed by atoms with Gasteiger partial charge in [0.25, 0.3) is 0 Å². The van der Waals surface area contributed by atoms with Crippen molar-refractivity contribution in [3.8, 4) is 5.75 Å². The first kappa shape index (κ1) is 13.3. The van der Waals surface area contributed by atoms with Gasteiger partial charge in [-0.15, -0.1) is 11.8 Å². The Hall–Kier alpha value is -1.72. The number of thiazole rings is 1. The Labute approximate surface area is 126 Å². The van der Waals surface area contributed by atoms with E-state index in [2.05, 4.69) is 40.8 Å². The lowest BCUT2D eigenvalue weighted by atomic mass is 10.3. The van der Waals surface area contributed by atoms with Crippen LogP contribution in [0.1, 0.15) is 0 Å². The van der Waals surface area contributed by atoms with E-state index in [1.807, 2.05) is 18.2 Å². The number of nitrogens with zero attached hydrogens (tertiary/aromatic N) is 1. The molecule has 1 aromatic heterocycles. The Morgan fingerprint density at radius 1 is 1.15 bits per heavy atom. The minimum Gasteiger partial charge on any atom is -0.497 e. The van der Waals surface area contributed by atoms with E-state index in [9.17, 15) is 0 Å². The van der Waals surface area contributed by atoms with Crippen molar-refractivity contribution in [2.75, 3.05) is 18.7 Å². The highest BCUT2D eigenvalue weighted by Gasteiger charge is 2.05. The number of hydrogen-bond donors (Lipinski definition) is 1. The minimum absolute atomic E-state index is 0.858. The van der Waals surface area contributed by atoms with E-state index < -0.39 is 0 Å². The lowest BCUT2D eigenvalue weighted by Crippen LogP contribution is -1.88. The molecule has 0 bridgehead atoms. The zero-order valence-corrected chi connectivity index (χ0v) is 12.8. The van der Waals surface area contributed by atoms with Gasteiger partial charge in [-0.25, -0.2) is 4.98 Å². The molecule has 0 aliphatic carbocycles. The molecule has 1 heterocycles. The summed E-state index contributed by atoms with van der Waals surface area (Å²) >= 11 is 3.36. The van der Waals surface area contributed by atoms with Gasteiger partial charge >= 0.3 is 0 Å². The quantitative estimate of drug-likeness (QED) is 0.704. The summed E-state index contributed by atoms with van der Waals surface area (Å²) in [4.78, 5) is 5.83. The van der Waals surface area contributed by atoms with Crippen molar-refractivity contribution >= 4 is 44.1 Å². The van der Waals surface area contributed by atoms with Crippen molar-refractivity contribution in [3.05, 3.63) is 42.5 Å². The molecule has 0 radical (unpaired) electrons. The van der Waals surface area contributed by atoms with Crippen molar-refractivity contribution in [2.24, 2.45) is 0 Å². The average Bonchev–Trinajstić information content (AvgIpc) is 2.89. The number of nitrogens with one attached hydrogen (secondary N) is 1. The molecule has 0 aliphatic rings. The fourth-order valence-corrected chi connectivity index (χ4v) is 3.21. The van der Waals surface area contributed by atoms with Gasteiger partial charge in [-0.1, -0.05) is 11.3 Å². The maximum absolute atomic E-state index is 5.23. The van der Waals surface area contributed by atoms with E-state index in [0.717, 1.165) is 26.8 Å². The van der Waals surface area contributed by atoms with Crippen LogP contribution in [-0.4, -0.2) is 18.3 Å². The third-order valence-electron chi connectivity index (χ3n) is 2.94. The highest BCUT2D eigenvalue weighted by molar-refractivity contribution is 7.98. The summed E-state index contributed by atoms with van der Waals surface area (Å²) in [6.07, 6.45) is 2.07. The van der Waals surface area contributed by atoms with Crippen molar-refractivity contribution in [3.63, 3.8) is 0 Å². The highest BCUT2D eigenvalue weighted by atomic mass is 32.2. The molecule has 3 nitrogen and oxygen atoms in total. The predicted octanol–water partition coefficient (Wildman–Crippen LogP) is 4.77. The normalized spacial score (nSPS) is 10.7. The maximum Gasteiger partial charge on any atom is 0.188 e. The van der Waals surface area contributed by atoms with Crippen LogP contribution in [0, 0.1) is 0 Å². The first-order valence-electron chi connectivity index (χ1n) is 6.14. The van der Waals surface area contributed by atoms with Crippen LogP contribution in [0.3, 0.4) is 0 Å². The summed E-state index contributed by atoms with van der Waals surface area (Å²) in [6, 6.07) is 14.3. The van der Waals surface area contributed by atoms with Crippen molar-refractivity contribution in [1.29, 1.82) is 0 Å². The first-order chi connectivity index (χ1) is 9.78. The molecule has 102 valence electrons. The van der Waals surface area contributed by atoms with Gasteiger partial charge in [-0.05, 0) is 48.7 Å². The van der Waals surface area contributed by atoms with Crippen LogP contribution in [0.4, 0.5) is 10.8 Å². The average molecular weight is 302 g/mol. The smallest absolute Gasteiger partial charge is 0.188 e. The Morgan fingerprint density at radius 2 is 1.95 bits per heavy atom. The molecule has 1 N–H and O–H groups in total. The summed E-state index contributed by atoms with van der Waals surface area (Å²) in [5.41, 5.74) is 2.04. The van der Waals surface area contributed by atoms with Crippen molar-refractivity contribution < 1.29 is 4.74 Å². The second-order valence-corrected chi connectivity index (χ2v) is 6.12. The number of methoxy groups -OCH3 is 1. The standard InChI is InChI=1S/C15H14N2OS2/c1-18-11-5-8-13-14(9-11)20-15(17-13)16-10-3-6-12(19-2)7-4-10/h3-9H,1-2H3,(H,16,17). The molecule has 20 heavy (non-hydrogen) atoms. The van der Waals surface area contributed by atoms with Crippen molar-refractivity contribution in [2.45, 2.75) is 4.90 Å². The Balaban J connectivity index is 1.86. The molecular formula is C15H14N2OS2. The molecule has 0 spiro atoms. The van der Waals surface area contributed by atoms with Crippen LogP contribution in [0.25, 0.3) is 10.2 Å². The largest absolute Gasteiger partial charge is 0.497 e. The number of ether oxygens (including phenoxy) is 1. The van der Waals surface area contributed by atoms with Crippen LogP contribution >= 0.6 is 23.1 Å². The molecule has 0 unspecified atom stereocenters. The summed E-state index contributed by atoms with van der Waals surface area (Å²) in [5.74, 6) is 0.858. The lowest BCUT2D eigenvalue weighted by Gasteiger charge is -2.02. The van der Waals surface area contributed by atoms with Crippen LogP contribution in [0.2, 0.25) is 0 Å². The van der Waals surface area contributed by atoms with Gasteiger partial charge in [0.2, 0.25) is 0 Å². The van der Waals surface area contributed by atoms with E-state index in [0.29, 0.717) is 0 Å². The van der Waals surface area contributed by atoms with Crippen LogP contribution in [0.15, 0.2) is 47.4 Å². The maximum atomic E-state index is 5.23. The van der Waals surface area contributed by atoms with Crippen LogP contribution in [-0.2, 0) is 0 Å². The van der Waals surface area contributed by atoms with Gasteiger partial charge in [-0.3, -0.25) is 0 Å². The van der Waals surface area contributed by atoms with Crippen molar-refractivity contribution in [1.82, 2.24) is 4.98 Å². The highest BCUT2D eigenvalue weighted by Crippen LogP contribution is 2.31. The summed E-state index contributed by atoms with van der Waals surface area (Å²) in [5, 5.41) is 4.23. The molecule has 0 saturated carbocycles. The minimum atomic E-state index is 0.858. The summed E-state index contributed by atoms with van der Waals surface area (Å²) in [6.45, 7) is 0. The second kappa shape index (κ2) is 5.73. The fourth-order valence-electron chi connectivity index (χ4n) is 1.88. The van der Waals surface area contributed by atoms with E-state index in [1.54, 1.807) is 30.2 Å². The third-order valence-corrected chi connectivity index (χ3v) is 4.61. The van der Waals surface area contributed by atoms with Gasteiger partial charge in [-0.2, -0.15) is 0 Å². The molecule has 3 aromatic rings. The van der Waals surface area contributed by atoms with E-state index in [-0.39, 0.29) is 0 Å². The van der Waals surface area contributed by atoms with Gasteiger partial charge in [0.15, 0.2) is 5.13 Å². The fraction of sp³-hybridized carbons (Fsp3) is 0.133. The molecule has 5 heteroatoms.